The molecule has 1 aliphatic heterocycles. The van der Waals surface area contributed by atoms with Gasteiger partial charge >= 0.3 is 0 Å². The molecule has 100 valence electrons. The maximum absolute atomic E-state index is 13.8. The summed E-state index contributed by atoms with van der Waals surface area (Å²) in [6, 6.07) is 1.16. The van der Waals surface area contributed by atoms with Crippen molar-refractivity contribution in [2.75, 3.05) is 11.4 Å². The van der Waals surface area contributed by atoms with Crippen molar-refractivity contribution in [3.05, 3.63) is 23.9 Å². The predicted molar refractivity (Wildman–Crippen MR) is 67.4 cm³/mol. The fourth-order valence-electron chi connectivity index (χ4n) is 2.57. The lowest BCUT2D eigenvalue weighted by molar-refractivity contribution is 0.407. The van der Waals surface area contributed by atoms with Gasteiger partial charge in [0.2, 0.25) is 0 Å². The average molecular weight is 255 g/mol. The van der Waals surface area contributed by atoms with Crippen LogP contribution in [0.4, 0.5) is 14.6 Å². The van der Waals surface area contributed by atoms with E-state index in [1.54, 1.807) is 0 Å². The number of nitrogens with zero attached hydrogens (tertiary/aromatic N) is 2. The fourth-order valence-corrected chi connectivity index (χ4v) is 2.57. The van der Waals surface area contributed by atoms with Crippen molar-refractivity contribution in [2.24, 2.45) is 5.73 Å². The van der Waals surface area contributed by atoms with E-state index in [-0.39, 0.29) is 17.9 Å². The minimum atomic E-state index is -0.642. The molecule has 3 nitrogen and oxygen atoms in total. The van der Waals surface area contributed by atoms with Crippen molar-refractivity contribution in [3.63, 3.8) is 0 Å². The summed E-state index contributed by atoms with van der Waals surface area (Å²) in [6.45, 7) is 2.70. The highest BCUT2D eigenvalue weighted by Gasteiger charge is 2.26. The van der Waals surface area contributed by atoms with Crippen LogP contribution < -0.4 is 10.6 Å². The van der Waals surface area contributed by atoms with Crippen LogP contribution in [0, 0.1) is 11.6 Å². The minimum Gasteiger partial charge on any atom is -0.351 e. The van der Waals surface area contributed by atoms with Gasteiger partial charge in [-0.3, -0.25) is 0 Å². The number of aromatic nitrogens is 1. The average Bonchev–Trinajstić information content (AvgIpc) is 2.30. The number of pyridine rings is 1. The Bertz CT molecular complexity index is 409. The number of hydrogen-bond acceptors (Lipinski definition) is 3. The molecule has 2 N–H and O–H groups in total. The van der Waals surface area contributed by atoms with Crippen molar-refractivity contribution in [3.8, 4) is 0 Å². The molecule has 1 aliphatic rings. The SMILES string of the molecule is CC(N)CC1CCCCN1c1ncc(F)cc1F. The second-order valence-corrected chi connectivity index (χ2v) is 5.01. The maximum atomic E-state index is 13.8. The van der Waals surface area contributed by atoms with Gasteiger partial charge in [0.25, 0.3) is 0 Å². The van der Waals surface area contributed by atoms with E-state index in [1.165, 1.54) is 0 Å². The topological polar surface area (TPSA) is 42.1 Å². The lowest BCUT2D eigenvalue weighted by Gasteiger charge is -2.37. The van der Waals surface area contributed by atoms with Crippen molar-refractivity contribution in [1.29, 1.82) is 0 Å². The highest BCUT2D eigenvalue weighted by Crippen LogP contribution is 2.27. The van der Waals surface area contributed by atoms with Crippen LogP contribution in [0.1, 0.15) is 32.6 Å². The van der Waals surface area contributed by atoms with E-state index >= 15 is 0 Å². The minimum absolute atomic E-state index is 0.0686. The van der Waals surface area contributed by atoms with Crippen LogP contribution in [0.3, 0.4) is 0 Å². The number of halogens is 2. The van der Waals surface area contributed by atoms with Gasteiger partial charge in [-0.25, -0.2) is 13.8 Å². The van der Waals surface area contributed by atoms with Gasteiger partial charge in [-0.05, 0) is 32.6 Å². The second kappa shape index (κ2) is 5.61. The molecular formula is C13H19F2N3. The first-order chi connectivity index (χ1) is 8.58. The molecule has 1 aromatic heterocycles. The standard InChI is InChI=1S/C13H19F2N3/c1-9(16)6-11-4-2-3-5-18(11)13-12(15)7-10(14)8-17-13/h7-9,11H,2-6,16H2,1H3. The Hall–Kier alpha value is -1.23. The molecular weight excluding hydrogens is 236 g/mol. The third-order valence-corrected chi connectivity index (χ3v) is 3.33. The second-order valence-electron chi connectivity index (χ2n) is 5.01. The quantitative estimate of drug-likeness (QED) is 0.902. The molecule has 2 unspecified atom stereocenters. The summed E-state index contributed by atoms with van der Waals surface area (Å²) < 4.78 is 26.7. The molecule has 2 rings (SSSR count). The number of rotatable bonds is 3. The van der Waals surface area contributed by atoms with Crippen LogP contribution in [-0.2, 0) is 0 Å². The van der Waals surface area contributed by atoms with Crippen LogP contribution in [0.2, 0.25) is 0 Å². The predicted octanol–water partition coefficient (Wildman–Crippen LogP) is 2.46. The molecule has 2 heterocycles. The zero-order valence-corrected chi connectivity index (χ0v) is 10.6. The number of piperidine rings is 1. The molecule has 2 atom stereocenters. The Morgan fingerprint density at radius 2 is 2.28 bits per heavy atom. The lowest BCUT2D eigenvalue weighted by atomic mass is 9.96. The molecule has 0 spiro atoms. The smallest absolute Gasteiger partial charge is 0.168 e. The zero-order chi connectivity index (χ0) is 13.1. The summed E-state index contributed by atoms with van der Waals surface area (Å²) in [5, 5.41) is 0. The van der Waals surface area contributed by atoms with E-state index in [1.807, 2.05) is 11.8 Å². The largest absolute Gasteiger partial charge is 0.351 e. The molecule has 0 bridgehead atoms. The Morgan fingerprint density at radius 1 is 1.50 bits per heavy atom. The molecule has 0 aromatic carbocycles. The van der Waals surface area contributed by atoms with Crippen LogP contribution in [0.15, 0.2) is 12.3 Å². The van der Waals surface area contributed by atoms with Gasteiger partial charge in [0.05, 0.1) is 6.20 Å². The van der Waals surface area contributed by atoms with Crippen LogP contribution in [0.5, 0.6) is 0 Å². The molecule has 0 saturated carbocycles. The summed E-state index contributed by atoms with van der Waals surface area (Å²) in [6.07, 6.45) is 4.99. The summed E-state index contributed by atoms with van der Waals surface area (Å²) >= 11 is 0. The first kappa shape index (κ1) is 13.2. The molecule has 1 aromatic rings. The van der Waals surface area contributed by atoms with Crippen molar-refractivity contribution >= 4 is 5.82 Å². The third-order valence-electron chi connectivity index (χ3n) is 3.33. The van der Waals surface area contributed by atoms with Gasteiger partial charge in [0, 0.05) is 24.7 Å². The first-order valence-electron chi connectivity index (χ1n) is 6.41. The van der Waals surface area contributed by atoms with Gasteiger partial charge in [0.1, 0.15) is 5.82 Å². The van der Waals surface area contributed by atoms with Crippen LogP contribution in [0.25, 0.3) is 0 Å². The van der Waals surface area contributed by atoms with E-state index in [2.05, 4.69) is 4.98 Å². The van der Waals surface area contributed by atoms with E-state index in [9.17, 15) is 8.78 Å². The van der Waals surface area contributed by atoms with E-state index < -0.39 is 11.6 Å². The van der Waals surface area contributed by atoms with Crippen molar-refractivity contribution < 1.29 is 8.78 Å². The normalized spacial score (nSPS) is 22.0. The molecule has 0 aliphatic carbocycles. The van der Waals surface area contributed by atoms with Gasteiger partial charge in [-0.15, -0.1) is 0 Å². The molecule has 18 heavy (non-hydrogen) atoms. The van der Waals surface area contributed by atoms with E-state index in [0.717, 1.165) is 44.5 Å². The van der Waals surface area contributed by atoms with Gasteiger partial charge in [0.15, 0.2) is 11.6 Å². The van der Waals surface area contributed by atoms with Crippen LogP contribution >= 0.6 is 0 Å². The molecule has 5 heteroatoms. The molecule has 0 amide bonds. The monoisotopic (exact) mass is 255 g/mol. The molecule has 1 fully saturated rings. The Balaban J connectivity index is 2.22. The van der Waals surface area contributed by atoms with Gasteiger partial charge in [-0.2, -0.15) is 0 Å². The number of anilines is 1. The van der Waals surface area contributed by atoms with Crippen LogP contribution in [-0.4, -0.2) is 23.6 Å². The first-order valence-corrected chi connectivity index (χ1v) is 6.41. The lowest BCUT2D eigenvalue weighted by Crippen LogP contribution is -2.43. The molecule has 0 radical (unpaired) electrons. The molecule has 1 saturated heterocycles. The summed E-state index contributed by atoms with van der Waals surface area (Å²) in [5.41, 5.74) is 5.82. The fraction of sp³-hybridized carbons (Fsp3) is 0.615. The Morgan fingerprint density at radius 3 is 2.94 bits per heavy atom. The Labute approximate surface area is 106 Å². The van der Waals surface area contributed by atoms with Gasteiger partial charge < -0.3 is 10.6 Å². The summed E-state index contributed by atoms with van der Waals surface area (Å²) in [4.78, 5) is 5.83. The van der Waals surface area contributed by atoms with E-state index in [4.69, 9.17) is 5.73 Å². The highest BCUT2D eigenvalue weighted by atomic mass is 19.1. The third kappa shape index (κ3) is 2.96. The number of hydrogen-bond donors (Lipinski definition) is 1. The van der Waals surface area contributed by atoms with Gasteiger partial charge in [-0.1, -0.05) is 0 Å². The zero-order valence-electron chi connectivity index (χ0n) is 10.6. The van der Waals surface area contributed by atoms with E-state index in [0.29, 0.717) is 0 Å². The van der Waals surface area contributed by atoms with Crippen molar-refractivity contribution in [2.45, 2.75) is 44.7 Å². The number of nitrogens with two attached hydrogens (primary N) is 1. The highest BCUT2D eigenvalue weighted by molar-refractivity contribution is 5.41. The summed E-state index contributed by atoms with van der Waals surface area (Å²) in [5.74, 6) is -0.981. The maximum Gasteiger partial charge on any atom is 0.168 e. The Kier molecular flexibility index (Phi) is 4.11. The van der Waals surface area contributed by atoms with Crippen molar-refractivity contribution in [1.82, 2.24) is 4.98 Å². The summed E-state index contributed by atoms with van der Waals surface area (Å²) in [7, 11) is 0.